The van der Waals surface area contributed by atoms with Crippen LogP contribution in [0.2, 0.25) is 5.02 Å². The molecule has 2 aromatic rings. The first-order valence-corrected chi connectivity index (χ1v) is 8.32. The first kappa shape index (κ1) is 17.9. The summed E-state index contributed by atoms with van der Waals surface area (Å²) in [6.07, 6.45) is 1.47. The summed E-state index contributed by atoms with van der Waals surface area (Å²) in [5, 5.41) is 18.1. The fourth-order valence-electron chi connectivity index (χ4n) is 1.92. The summed E-state index contributed by atoms with van der Waals surface area (Å²) in [5.41, 5.74) is 0.990. The van der Waals surface area contributed by atoms with Crippen LogP contribution in [0.3, 0.4) is 0 Å². The van der Waals surface area contributed by atoms with Crippen molar-refractivity contribution in [3.8, 4) is 0 Å². The molecule has 1 amide bonds. The second-order valence-electron chi connectivity index (χ2n) is 4.73. The van der Waals surface area contributed by atoms with Gasteiger partial charge in [-0.3, -0.25) is 19.6 Å². The molecule has 0 saturated heterocycles. The predicted molar refractivity (Wildman–Crippen MR) is 93.8 cm³/mol. The van der Waals surface area contributed by atoms with Gasteiger partial charge in [-0.15, -0.1) is 0 Å². The second-order valence-corrected chi connectivity index (χ2v) is 6.85. The maximum Gasteiger partial charge on any atom is 0.271 e. The van der Waals surface area contributed by atoms with Crippen LogP contribution in [0.15, 0.2) is 27.3 Å². The highest BCUT2D eigenvalue weighted by Crippen LogP contribution is 2.35. The smallest absolute Gasteiger partial charge is 0.271 e. The average molecular weight is 467 g/mol. The van der Waals surface area contributed by atoms with E-state index >= 15 is 0 Å². The fraction of sp³-hybridized carbons (Fsp3) is 0.231. The molecule has 0 bridgehead atoms. The van der Waals surface area contributed by atoms with Crippen molar-refractivity contribution in [2.75, 3.05) is 5.32 Å². The number of aromatic nitrogens is 2. The molecule has 23 heavy (non-hydrogen) atoms. The number of nitrogens with one attached hydrogen (secondary N) is 1. The normalized spacial score (nSPS) is 12.0. The van der Waals surface area contributed by atoms with Gasteiger partial charge in [0, 0.05) is 21.1 Å². The lowest BCUT2D eigenvalue weighted by Gasteiger charge is -2.16. The predicted octanol–water partition coefficient (Wildman–Crippen LogP) is 4.48. The number of nitro groups is 1. The number of carbonyl (C=O) groups excluding carboxylic acids is 1. The van der Waals surface area contributed by atoms with Gasteiger partial charge in [0.05, 0.1) is 27.5 Å². The van der Waals surface area contributed by atoms with E-state index in [1.54, 1.807) is 13.8 Å². The van der Waals surface area contributed by atoms with Gasteiger partial charge in [-0.05, 0) is 45.7 Å². The molecule has 1 unspecified atom stereocenters. The van der Waals surface area contributed by atoms with E-state index < -0.39 is 11.0 Å². The molecule has 1 atom stereocenters. The minimum absolute atomic E-state index is 0.0931. The molecule has 0 aliphatic carbocycles. The molecule has 1 heterocycles. The Morgan fingerprint density at radius 1 is 1.43 bits per heavy atom. The van der Waals surface area contributed by atoms with Gasteiger partial charge in [0.2, 0.25) is 5.91 Å². The number of amides is 1. The van der Waals surface area contributed by atoms with Crippen molar-refractivity contribution in [1.82, 2.24) is 9.78 Å². The Morgan fingerprint density at radius 3 is 2.43 bits per heavy atom. The number of halogens is 3. The molecule has 1 aromatic carbocycles. The van der Waals surface area contributed by atoms with Gasteiger partial charge in [-0.25, -0.2) is 0 Å². The first-order valence-electron chi connectivity index (χ1n) is 6.36. The fourth-order valence-corrected chi connectivity index (χ4v) is 3.41. The second kappa shape index (κ2) is 6.98. The number of hydrogen-bond donors (Lipinski definition) is 1. The summed E-state index contributed by atoms with van der Waals surface area (Å²) in [6.45, 7) is 3.44. The van der Waals surface area contributed by atoms with Gasteiger partial charge >= 0.3 is 0 Å². The summed E-state index contributed by atoms with van der Waals surface area (Å²) in [7, 11) is 0. The number of nitrogens with zero attached hydrogens (tertiary/aromatic N) is 3. The Balaban J connectivity index is 2.27. The van der Waals surface area contributed by atoms with Crippen molar-refractivity contribution < 1.29 is 9.72 Å². The number of non-ortho nitro benzene ring substituents is 1. The summed E-state index contributed by atoms with van der Waals surface area (Å²) in [4.78, 5) is 22.7. The molecule has 0 spiro atoms. The highest BCUT2D eigenvalue weighted by atomic mass is 79.9. The highest BCUT2D eigenvalue weighted by molar-refractivity contribution is 9.11. The van der Waals surface area contributed by atoms with Crippen molar-refractivity contribution in [2.24, 2.45) is 0 Å². The number of anilines is 1. The standard InChI is InChI=1S/C13H11Br2ClN4O3/c1-6-11(16)5-17-19(6)7(2)13(21)18-12-9(14)3-8(20(22)23)4-10(12)15/h3-5,7H,1-2H3,(H,18,21). The molecule has 0 saturated carbocycles. The van der Waals surface area contributed by atoms with E-state index in [1.165, 1.54) is 23.0 Å². The number of nitro benzene ring substituents is 1. The number of benzene rings is 1. The largest absolute Gasteiger partial charge is 0.322 e. The van der Waals surface area contributed by atoms with Crippen LogP contribution in [0.25, 0.3) is 0 Å². The van der Waals surface area contributed by atoms with E-state index in [4.69, 9.17) is 11.6 Å². The Labute approximate surface area is 153 Å². The monoisotopic (exact) mass is 464 g/mol. The Bertz CT molecular complexity index is 771. The molecule has 7 nitrogen and oxygen atoms in total. The summed E-state index contributed by atoms with van der Waals surface area (Å²) in [5.74, 6) is -0.330. The zero-order valence-corrected chi connectivity index (χ0v) is 15.9. The van der Waals surface area contributed by atoms with Crippen LogP contribution in [0.1, 0.15) is 18.7 Å². The summed E-state index contributed by atoms with van der Waals surface area (Å²) >= 11 is 12.4. The van der Waals surface area contributed by atoms with Crippen LogP contribution in [0.4, 0.5) is 11.4 Å². The van der Waals surface area contributed by atoms with E-state index in [-0.39, 0.29) is 11.6 Å². The van der Waals surface area contributed by atoms with Crippen LogP contribution in [0, 0.1) is 17.0 Å². The maximum absolute atomic E-state index is 12.4. The van der Waals surface area contributed by atoms with Crippen molar-refractivity contribution in [1.29, 1.82) is 0 Å². The number of carbonyl (C=O) groups is 1. The number of rotatable bonds is 4. The van der Waals surface area contributed by atoms with Gasteiger partial charge in [0.15, 0.2) is 0 Å². The molecule has 1 aromatic heterocycles. The van der Waals surface area contributed by atoms with Crippen LogP contribution in [-0.4, -0.2) is 20.6 Å². The van der Waals surface area contributed by atoms with Gasteiger partial charge in [-0.1, -0.05) is 11.6 Å². The van der Waals surface area contributed by atoms with E-state index in [1.807, 2.05) is 0 Å². The van der Waals surface area contributed by atoms with Crippen molar-refractivity contribution in [3.63, 3.8) is 0 Å². The van der Waals surface area contributed by atoms with E-state index in [9.17, 15) is 14.9 Å². The molecule has 122 valence electrons. The zero-order valence-electron chi connectivity index (χ0n) is 12.0. The quantitative estimate of drug-likeness (QED) is 0.532. The third-order valence-electron chi connectivity index (χ3n) is 3.22. The topological polar surface area (TPSA) is 90.1 Å². The van der Waals surface area contributed by atoms with Crippen molar-refractivity contribution in [3.05, 3.63) is 48.1 Å². The first-order chi connectivity index (χ1) is 10.7. The Hall–Kier alpha value is -1.45. The zero-order chi connectivity index (χ0) is 17.3. The Kier molecular flexibility index (Phi) is 5.43. The van der Waals surface area contributed by atoms with Gasteiger partial charge < -0.3 is 5.32 Å². The molecule has 1 N–H and O–H groups in total. The van der Waals surface area contributed by atoms with Crippen LogP contribution in [0.5, 0.6) is 0 Å². The molecular formula is C13H11Br2ClN4O3. The summed E-state index contributed by atoms with van der Waals surface area (Å²) < 4.78 is 2.30. The van der Waals surface area contributed by atoms with Gasteiger partial charge in [-0.2, -0.15) is 5.10 Å². The molecule has 0 aliphatic rings. The molecule has 0 radical (unpaired) electrons. The molecule has 2 rings (SSSR count). The highest BCUT2D eigenvalue weighted by Gasteiger charge is 2.22. The third-order valence-corrected chi connectivity index (χ3v) is 4.84. The lowest BCUT2D eigenvalue weighted by molar-refractivity contribution is -0.385. The van der Waals surface area contributed by atoms with Crippen LogP contribution in [-0.2, 0) is 4.79 Å². The SMILES string of the molecule is Cc1c(Cl)cnn1C(C)C(=O)Nc1c(Br)cc([N+](=O)[O-])cc1Br. The maximum atomic E-state index is 12.4. The van der Waals surface area contributed by atoms with E-state index in [0.29, 0.717) is 25.3 Å². The lowest BCUT2D eigenvalue weighted by Crippen LogP contribution is -2.25. The van der Waals surface area contributed by atoms with Gasteiger partial charge in [0.25, 0.3) is 5.69 Å². The van der Waals surface area contributed by atoms with E-state index in [0.717, 1.165) is 0 Å². The molecule has 0 aliphatic heterocycles. The number of hydrogen-bond acceptors (Lipinski definition) is 4. The molecular weight excluding hydrogens is 455 g/mol. The summed E-state index contributed by atoms with van der Waals surface area (Å²) in [6, 6.07) is 2.04. The Morgan fingerprint density at radius 2 is 2.00 bits per heavy atom. The minimum atomic E-state index is -0.600. The van der Waals surface area contributed by atoms with Crippen molar-refractivity contribution in [2.45, 2.75) is 19.9 Å². The van der Waals surface area contributed by atoms with Crippen molar-refractivity contribution >= 4 is 60.7 Å². The average Bonchev–Trinajstić information content (AvgIpc) is 2.81. The lowest BCUT2D eigenvalue weighted by atomic mass is 10.2. The molecule has 0 fully saturated rings. The molecule has 10 heteroatoms. The van der Waals surface area contributed by atoms with Crippen LogP contribution >= 0.6 is 43.5 Å². The van der Waals surface area contributed by atoms with Crippen LogP contribution < -0.4 is 5.32 Å². The van der Waals surface area contributed by atoms with Gasteiger partial charge in [0.1, 0.15) is 6.04 Å². The third kappa shape index (κ3) is 3.73. The minimum Gasteiger partial charge on any atom is -0.322 e. The van der Waals surface area contributed by atoms with E-state index in [2.05, 4.69) is 42.3 Å².